The molecule has 0 aromatic heterocycles. The van der Waals surface area contributed by atoms with Crippen molar-refractivity contribution in [1.29, 1.82) is 0 Å². The molecule has 2 aromatic rings. The van der Waals surface area contributed by atoms with Crippen molar-refractivity contribution >= 4 is 17.6 Å². The lowest BCUT2D eigenvalue weighted by Gasteiger charge is -2.06. The highest BCUT2D eigenvalue weighted by atomic mass is 15.1. The Kier molecular flexibility index (Phi) is 4.18. The molecule has 2 aromatic carbocycles. The summed E-state index contributed by atoms with van der Waals surface area (Å²) >= 11 is 0. The zero-order valence-electron chi connectivity index (χ0n) is 11.8. The average Bonchev–Trinajstić information content (AvgIpc) is 2.39. The number of aryl methyl sites for hydroxylation is 3. The molecule has 0 radical (unpaired) electrons. The van der Waals surface area contributed by atoms with E-state index in [0.717, 1.165) is 22.4 Å². The predicted molar refractivity (Wildman–Crippen MR) is 83.2 cm³/mol. The minimum absolute atomic E-state index is 0.584. The Morgan fingerprint density at radius 3 is 2.35 bits per heavy atom. The molecule has 0 spiro atoms. The van der Waals surface area contributed by atoms with E-state index in [1.165, 1.54) is 5.56 Å². The van der Waals surface area contributed by atoms with Gasteiger partial charge in [-0.3, -0.25) is 4.99 Å². The van der Waals surface area contributed by atoms with Crippen LogP contribution in [0.4, 0.5) is 11.4 Å². The van der Waals surface area contributed by atoms with Crippen LogP contribution in [-0.4, -0.2) is 6.21 Å². The topological polar surface area (TPSA) is 61.1 Å². The Labute approximate surface area is 118 Å². The molecule has 0 aliphatic heterocycles. The second-order valence-corrected chi connectivity index (χ2v) is 4.75. The second-order valence-electron chi connectivity index (χ2n) is 4.75. The number of aliphatic imine (C=N–C) groups is 1. The van der Waals surface area contributed by atoms with Crippen molar-refractivity contribution in [3.63, 3.8) is 0 Å². The first kappa shape index (κ1) is 13.8. The van der Waals surface area contributed by atoms with Crippen LogP contribution in [0.1, 0.15) is 22.3 Å². The molecular weight excluding hydrogens is 248 g/mol. The van der Waals surface area contributed by atoms with Gasteiger partial charge in [-0.05, 0) is 37.4 Å². The standard InChI is InChI=1S/C16H16N4/c1-11-8-12(2)16(13(3)9-11)18-10-14-6-4-5-7-15(14)19-20-17/h4-10H,1-3H3. The number of hydrogen-bond donors (Lipinski definition) is 0. The van der Waals surface area contributed by atoms with Gasteiger partial charge in [-0.15, -0.1) is 0 Å². The third-order valence-electron chi connectivity index (χ3n) is 3.06. The van der Waals surface area contributed by atoms with Gasteiger partial charge in [-0.25, -0.2) is 0 Å². The maximum atomic E-state index is 8.56. The van der Waals surface area contributed by atoms with E-state index in [1.54, 1.807) is 12.3 Å². The lowest BCUT2D eigenvalue weighted by molar-refractivity contribution is 1.29. The number of azide groups is 1. The maximum absolute atomic E-state index is 8.56. The first-order valence-corrected chi connectivity index (χ1v) is 6.38. The van der Waals surface area contributed by atoms with Crippen molar-refractivity contribution in [2.75, 3.05) is 0 Å². The van der Waals surface area contributed by atoms with Crippen LogP contribution in [0.25, 0.3) is 10.4 Å². The van der Waals surface area contributed by atoms with E-state index in [4.69, 9.17) is 5.53 Å². The molecule has 0 bridgehead atoms. The van der Waals surface area contributed by atoms with Gasteiger partial charge in [0.05, 0.1) is 5.69 Å². The van der Waals surface area contributed by atoms with Gasteiger partial charge in [0.15, 0.2) is 0 Å². The number of benzene rings is 2. The average molecular weight is 264 g/mol. The van der Waals surface area contributed by atoms with Crippen LogP contribution in [0.3, 0.4) is 0 Å². The molecule has 0 heterocycles. The van der Waals surface area contributed by atoms with Gasteiger partial charge in [-0.1, -0.05) is 47.1 Å². The minimum atomic E-state index is 0.584. The van der Waals surface area contributed by atoms with Gasteiger partial charge in [0, 0.05) is 22.4 Å². The fourth-order valence-corrected chi connectivity index (χ4v) is 2.25. The smallest absolute Gasteiger partial charge is 0.0688 e. The van der Waals surface area contributed by atoms with E-state index in [-0.39, 0.29) is 0 Å². The van der Waals surface area contributed by atoms with Gasteiger partial charge in [0.1, 0.15) is 0 Å². The predicted octanol–water partition coefficient (Wildman–Crippen LogP) is 5.30. The summed E-state index contributed by atoms with van der Waals surface area (Å²) in [6.07, 6.45) is 1.74. The molecule has 4 nitrogen and oxygen atoms in total. The highest BCUT2D eigenvalue weighted by molar-refractivity contribution is 5.88. The van der Waals surface area contributed by atoms with Gasteiger partial charge >= 0.3 is 0 Å². The first-order valence-electron chi connectivity index (χ1n) is 6.38. The molecule has 0 saturated carbocycles. The molecule has 2 rings (SSSR count). The monoisotopic (exact) mass is 264 g/mol. The Balaban J connectivity index is 2.42. The van der Waals surface area contributed by atoms with Crippen LogP contribution in [-0.2, 0) is 0 Å². The molecule has 0 aliphatic rings. The summed E-state index contributed by atoms with van der Waals surface area (Å²) in [4.78, 5) is 7.38. The summed E-state index contributed by atoms with van der Waals surface area (Å²) < 4.78 is 0. The fraction of sp³-hybridized carbons (Fsp3) is 0.188. The first-order chi connectivity index (χ1) is 9.61. The molecule has 4 heteroatoms. The lowest BCUT2D eigenvalue weighted by Crippen LogP contribution is -1.86. The van der Waals surface area contributed by atoms with E-state index in [2.05, 4.69) is 34.1 Å². The van der Waals surface area contributed by atoms with E-state index in [1.807, 2.05) is 32.0 Å². The van der Waals surface area contributed by atoms with Crippen LogP contribution in [0, 0.1) is 20.8 Å². The summed E-state index contributed by atoms with van der Waals surface area (Å²) in [6, 6.07) is 11.6. The largest absolute Gasteiger partial charge is 0.256 e. The van der Waals surface area contributed by atoms with Crippen LogP contribution in [0.5, 0.6) is 0 Å². The normalized spacial score (nSPS) is 10.6. The molecule has 100 valence electrons. The van der Waals surface area contributed by atoms with Crippen molar-refractivity contribution in [1.82, 2.24) is 0 Å². The van der Waals surface area contributed by atoms with Crippen LogP contribution >= 0.6 is 0 Å². The summed E-state index contributed by atoms with van der Waals surface area (Å²) in [6.45, 7) is 6.17. The molecule has 0 fully saturated rings. The maximum Gasteiger partial charge on any atom is 0.0688 e. The van der Waals surface area contributed by atoms with E-state index in [9.17, 15) is 0 Å². The molecule has 0 aliphatic carbocycles. The Bertz CT molecular complexity index is 687. The van der Waals surface area contributed by atoms with Gasteiger partial charge < -0.3 is 0 Å². The second kappa shape index (κ2) is 6.04. The molecule has 0 amide bonds. The van der Waals surface area contributed by atoms with Gasteiger partial charge in [0.2, 0.25) is 0 Å². The highest BCUT2D eigenvalue weighted by Gasteiger charge is 2.02. The van der Waals surface area contributed by atoms with Crippen molar-refractivity contribution in [2.24, 2.45) is 10.1 Å². The highest BCUT2D eigenvalue weighted by Crippen LogP contribution is 2.26. The summed E-state index contributed by atoms with van der Waals surface area (Å²) in [7, 11) is 0. The van der Waals surface area contributed by atoms with Crippen LogP contribution < -0.4 is 0 Å². The SMILES string of the molecule is Cc1cc(C)c(N=Cc2ccccc2N=[N+]=[N-])c(C)c1. The van der Waals surface area contributed by atoms with E-state index < -0.39 is 0 Å². The van der Waals surface area contributed by atoms with E-state index >= 15 is 0 Å². The molecule has 20 heavy (non-hydrogen) atoms. The minimum Gasteiger partial charge on any atom is -0.256 e. The molecular formula is C16H16N4. The number of hydrogen-bond acceptors (Lipinski definition) is 2. The van der Waals surface area contributed by atoms with Crippen LogP contribution in [0.15, 0.2) is 46.5 Å². The zero-order chi connectivity index (χ0) is 14.5. The van der Waals surface area contributed by atoms with Crippen molar-refractivity contribution in [3.05, 3.63) is 69.1 Å². The Hall–Kier alpha value is -2.58. The van der Waals surface area contributed by atoms with Gasteiger partial charge in [-0.2, -0.15) is 0 Å². The molecule has 0 unspecified atom stereocenters. The summed E-state index contributed by atoms with van der Waals surface area (Å²) in [5, 5.41) is 3.67. The third kappa shape index (κ3) is 3.05. The number of rotatable bonds is 3. The van der Waals surface area contributed by atoms with Gasteiger partial charge in [0.25, 0.3) is 0 Å². The van der Waals surface area contributed by atoms with E-state index in [0.29, 0.717) is 5.69 Å². The molecule has 0 N–H and O–H groups in total. The zero-order valence-corrected chi connectivity index (χ0v) is 11.8. The summed E-state index contributed by atoms with van der Waals surface area (Å²) in [5.41, 5.74) is 14.4. The van der Waals surface area contributed by atoms with Crippen molar-refractivity contribution in [3.8, 4) is 0 Å². The quantitative estimate of drug-likeness (QED) is 0.312. The number of nitrogens with zero attached hydrogens (tertiary/aromatic N) is 4. The summed E-state index contributed by atoms with van der Waals surface area (Å²) in [5.74, 6) is 0. The molecule has 0 atom stereocenters. The van der Waals surface area contributed by atoms with Crippen LogP contribution in [0.2, 0.25) is 0 Å². The molecule has 0 saturated heterocycles. The third-order valence-corrected chi connectivity index (χ3v) is 3.06. The Morgan fingerprint density at radius 2 is 1.70 bits per heavy atom. The lowest BCUT2D eigenvalue weighted by atomic mass is 10.1. The fourth-order valence-electron chi connectivity index (χ4n) is 2.25. The Morgan fingerprint density at radius 1 is 1.05 bits per heavy atom. The van der Waals surface area contributed by atoms with Crippen molar-refractivity contribution < 1.29 is 0 Å². The van der Waals surface area contributed by atoms with Crippen molar-refractivity contribution in [2.45, 2.75) is 20.8 Å².